The smallest absolute Gasteiger partial charge is 0.391 e. The number of rotatable bonds is 23. The van der Waals surface area contributed by atoms with Gasteiger partial charge in [-0.1, -0.05) is 83.2 Å². The molecule has 0 radical (unpaired) electrons. The molecule has 5 aromatic rings. The van der Waals surface area contributed by atoms with E-state index in [0.29, 0.717) is 101 Å². The Morgan fingerprint density at radius 1 is 0.826 bits per heavy atom. The van der Waals surface area contributed by atoms with E-state index in [4.69, 9.17) is 0 Å². The Hall–Kier alpha value is -7.61. The lowest BCUT2D eigenvalue weighted by Gasteiger charge is -2.44. The number of unbranched alkanes of at least 4 members (excludes halogenated alkanes) is 6. The van der Waals surface area contributed by atoms with E-state index in [1.807, 2.05) is 99.1 Å². The van der Waals surface area contributed by atoms with Gasteiger partial charge in [-0.15, -0.1) is 11.3 Å². The van der Waals surface area contributed by atoms with E-state index in [-0.39, 0.29) is 72.9 Å². The third-order valence-corrected chi connectivity index (χ3v) is 19.2. The average Bonchev–Trinajstić information content (AvgIpc) is 0.831. The van der Waals surface area contributed by atoms with Gasteiger partial charge in [0.05, 0.1) is 44.7 Å². The number of halogens is 4. The molecule has 9 rings (SSSR count). The molecule has 3 aromatic heterocycles. The highest BCUT2D eigenvalue weighted by molar-refractivity contribution is 7.13. The van der Waals surface area contributed by atoms with Crippen LogP contribution < -0.4 is 31.3 Å². The number of aliphatic hydroxyl groups excluding tert-OH is 1. The van der Waals surface area contributed by atoms with Gasteiger partial charge in [0.1, 0.15) is 17.9 Å². The number of thiazole rings is 1. The molecule has 4 aliphatic heterocycles. The van der Waals surface area contributed by atoms with Crippen LogP contribution >= 0.6 is 11.3 Å². The summed E-state index contributed by atoms with van der Waals surface area (Å²) in [6, 6.07) is 9.40. The van der Waals surface area contributed by atoms with Gasteiger partial charge in [-0.3, -0.25) is 38.6 Å². The van der Waals surface area contributed by atoms with Crippen molar-refractivity contribution in [1.29, 1.82) is 0 Å². The molecule has 4 aliphatic rings. The van der Waals surface area contributed by atoms with Crippen LogP contribution in [0.1, 0.15) is 144 Å². The second-order valence-corrected chi connectivity index (χ2v) is 26.9. The number of amides is 5. The monoisotopic (exact) mass is 1290 g/mol. The maximum Gasteiger partial charge on any atom is 0.417 e. The second kappa shape index (κ2) is 30.4. The number of piperazine rings is 2. The lowest BCUT2D eigenvalue weighted by molar-refractivity contribution is -0.144. The van der Waals surface area contributed by atoms with Crippen LogP contribution in [0.15, 0.2) is 77.4 Å². The first-order valence-corrected chi connectivity index (χ1v) is 32.9. The van der Waals surface area contributed by atoms with E-state index in [0.717, 1.165) is 72.0 Å². The number of pyridine rings is 1. The summed E-state index contributed by atoms with van der Waals surface area (Å²) in [7, 11) is 1.99. The summed E-state index contributed by atoms with van der Waals surface area (Å²) in [6.45, 7) is 17.0. The van der Waals surface area contributed by atoms with Gasteiger partial charge in [-0.2, -0.15) is 13.2 Å². The predicted molar refractivity (Wildman–Crippen MR) is 347 cm³/mol. The lowest BCUT2D eigenvalue weighted by atomic mass is 9.85. The largest absolute Gasteiger partial charge is 0.417 e. The van der Waals surface area contributed by atoms with E-state index in [1.165, 1.54) is 17.0 Å². The number of nitrogens with one attached hydrogen (secondary N) is 4. The van der Waals surface area contributed by atoms with Gasteiger partial charge in [0.2, 0.25) is 35.1 Å². The number of likely N-dealkylation sites (N-methyl/N-ethyl adjacent to an activating group) is 1. The number of aryl methyl sites for hydroxylation is 1. The minimum Gasteiger partial charge on any atom is -0.391 e. The Balaban J connectivity index is 0.661. The molecule has 3 fully saturated rings. The molecular weight excluding hydrogens is 1210 g/mol. The fraction of sp³-hybridized carbons (Fsp3) is 0.537. The zero-order valence-corrected chi connectivity index (χ0v) is 54.5. The van der Waals surface area contributed by atoms with Crippen LogP contribution in [0.25, 0.3) is 16.0 Å². The zero-order chi connectivity index (χ0) is 66.0. The predicted octanol–water partition coefficient (Wildman–Crippen LogP) is 8.79. The Kier molecular flexibility index (Phi) is 22.7. The molecule has 0 unspecified atom stereocenters. The van der Waals surface area contributed by atoms with Crippen LogP contribution in [0.5, 0.6) is 0 Å². The first-order chi connectivity index (χ1) is 43.8. The number of hydrogen-bond acceptors (Lipinski definition) is 15. The quantitative estimate of drug-likeness (QED) is 0.0304. The highest BCUT2D eigenvalue weighted by Gasteiger charge is 2.45. The molecule has 7 heterocycles. The number of nitrogens with zero attached hydrogens (tertiary/aromatic N) is 9. The van der Waals surface area contributed by atoms with Crippen molar-refractivity contribution >= 4 is 63.8 Å². The highest BCUT2D eigenvalue weighted by Crippen LogP contribution is 2.38. The van der Waals surface area contributed by atoms with Crippen molar-refractivity contribution in [2.24, 2.45) is 5.41 Å². The second-order valence-electron chi connectivity index (χ2n) is 26.1. The van der Waals surface area contributed by atoms with E-state index in [2.05, 4.69) is 45.7 Å². The molecule has 496 valence electrons. The van der Waals surface area contributed by atoms with Gasteiger partial charge in [0.25, 0.3) is 5.91 Å². The number of β-amino-alcohol motifs (C(OH)–C–C–N with tert-alkyl or cyclic N) is 1. The normalized spacial score (nSPS) is 19.6. The van der Waals surface area contributed by atoms with Gasteiger partial charge in [0.15, 0.2) is 0 Å². The van der Waals surface area contributed by atoms with Gasteiger partial charge < -0.3 is 45.6 Å². The van der Waals surface area contributed by atoms with Crippen molar-refractivity contribution < 1.29 is 46.6 Å². The summed E-state index contributed by atoms with van der Waals surface area (Å²) in [4.78, 5) is 108. The number of hydrogen-bond donors (Lipinski definition) is 5. The van der Waals surface area contributed by atoms with Crippen LogP contribution in [-0.2, 0) is 38.4 Å². The van der Waals surface area contributed by atoms with Crippen LogP contribution in [0, 0.1) is 18.2 Å². The summed E-state index contributed by atoms with van der Waals surface area (Å²) in [6.07, 6.45) is 7.78. The molecule has 0 bridgehead atoms. The summed E-state index contributed by atoms with van der Waals surface area (Å²) in [5, 5.41) is 19.2. The number of aliphatic hydroxyl groups is 1. The van der Waals surface area contributed by atoms with E-state index in [1.54, 1.807) is 23.7 Å². The van der Waals surface area contributed by atoms with Crippen LogP contribution in [-0.4, -0.2) is 170 Å². The molecule has 0 aliphatic carbocycles. The number of aromatic amines is 1. The molecule has 0 saturated carbocycles. The van der Waals surface area contributed by atoms with Crippen molar-refractivity contribution in [2.75, 3.05) is 81.1 Å². The molecule has 0 spiro atoms. The first-order valence-electron chi connectivity index (χ1n) is 32.0. The lowest BCUT2D eigenvalue weighted by Crippen LogP contribution is -2.57. The Morgan fingerprint density at radius 3 is 2.11 bits per heavy atom. The molecule has 2 aromatic carbocycles. The molecule has 25 heteroatoms. The molecule has 5 atom stereocenters. The van der Waals surface area contributed by atoms with Gasteiger partial charge >= 0.3 is 6.18 Å². The number of alkyl halides is 3. The summed E-state index contributed by atoms with van der Waals surface area (Å²) < 4.78 is 58.4. The number of anilines is 3. The van der Waals surface area contributed by atoms with Gasteiger partial charge in [-0.05, 0) is 81.3 Å². The van der Waals surface area contributed by atoms with Crippen molar-refractivity contribution in [2.45, 2.75) is 162 Å². The third kappa shape index (κ3) is 17.5. The standard InChI is InChI=1S/C67H87F4N13O7S/c1-42-37-83(38-43(2)79(42)7)55-32-53(68)50(30-54(55)77-62(89)51-36-72-58(87)31-52(51)67(69,70)71)47-21-23-82(24-22-47)65-74-34-46(35-75-65)39-80-25-27-81(28-26-80)59(88)16-14-12-10-8-9-11-13-15-57(86)78-61(66(4,5)6)64(91)84-40-49(85)29-56(84)63(90)73-33-45-17-19-48(20-18-45)60-44(3)76-41-92-60/h17-21,30-32,34-36,41-43,49,56,61,85H,8-16,22-29,33,37-40H2,1-7H3,(H,72,87)(H,73,90)(H,77,89)(H,78,86)/t42-,43+,49-,56+,61-/m1/s1. The zero-order valence-electron chi connectivity index (χ0n) is 53.7. The van der Waals surface area contributed by atoms with E-state index >= 15 is 4.39 Å². The van der Waals surface area contributed by atoms with Crippen LogP contribution in [0.4, 0.5) is 34.9 Å². The number of likely N-dealkylation sites (tertiary alicyclic amines) is 1. The summed E-state index contributed by atoms with van der Waals surface area (Å²) in [5.74, 6) is -1.96. The number of H-pyrrole nitrogens is 1. The van der Waals surface area contributed by atoms with E-state index < -0.39 is 58.2 Å². The molecule has 5 N–H and O–H groups in total. The molecule has 92 heavy (non-hydrogen) atoms. The molecule has 20 nitrogen and oxygen atoms in total. The maximum absolute atomic E-state index is 16.3. The first kappa shape index (κ1) is 68.7. The van der Waals surface area contributed by atoms with Gasteiger partial charge in [-0.25, -0.2) is 19.3 Å². The van der Waals surface area contributed by atoms with Crippen molar-refractivity contribution in [3.05, 3.63) is 122 Å². The molecule has 5 amide bonds. The maximum atomic E-state index is 16.3. The number of carbonyl (C=O) groups is 5. The molecular formula is C67H87F4N13O7S. The van der Waals surface area contributed by atoms with E-state index in [9.17, 15) is 47.0 Å². The van der Waals surface area contributed by atoms with Crippen LogP contribution in [0.3, 0.4) is 0 Å². The Labute approximate surface area is 539 Å². The SMILES string of the molecule is Cc1ncsc1-c1ccc(CNC(=O)[C@@H]2C[C@@H](O)CN2C(=O)[C@@H](NC(=O)CCCCCCCCCC(=O)N2CCN(Cc3cnc(N4CC=C(c5cc(NC(=O)c6c[nH]c(=O)cc6C(F)(F)F)c(N6C[C@@H](C)N(C)[C@@H](C)C6)cc5F)CC4)nc3)CC2)C(C)(C)C)cc1. The van der Waals surface area contributed by atoms with Crippen molar-refractivity contribution in [1.82, 2.24) is 50.2 Å². The summed E-state index contributed by atoms with van der Waals surface area (Å²) >= 11 is 1.57. The summed E-state index contributed by atoms with van der Waals surface area (Å²) in [5.41, 5.74) is 3.17. The number of aromatic nitrogens is 4. The molecule has 3 saturated heterocycles. The van der Waals surface area contributed by atoms with Gasteiger partial charge in [0, 0.05) is 139 Å². The number of benzene rings is 2. The average molecular weight is 1290 g/mol. The Bertz CT molecular complexity index is 3480. The van der Waals surface area contributed by atoms with Crippen molar-refractivity contribution in [3.8, 4) is 10.4 Å². The third-order valence-electron chi connectivity index (χ3n) is 18.2. The minimum atomic E-state index is -4.98. The topological polar surface area (TPSA) is 233 Å². The highest BCUT2D eigenvalue weighted by atomic mass is 32.1. The number of carbonyl (C=O) groups excluding carboxylic acids is 5. The minimum absolute atomic E-state index is 0.00575. The van der Waals surface area contributed by atoms with Crippen molar-refractivity contribution in [3.63, 3.8) is 0 Å². The Morgan fingerprint density at radius 2 is 1.49 bits per heavy atom. The van der Waals surface area contributed by atoms with Crippen LogP contribution in [0.2, 0.25) is 0 Å². The fourth-order valence-corrected chi connectivity index (χ4v) is 13.4. The fourth-order valence-electron chi connectivity index (χ4n) is 12.6.